The van der Waals surface area contributed by atoms with Gasteiger partial charge in [0.05, 0.1) is 13.2 Å². The zero-order chi connectivity index (χ0) is 6.69. The predicted molar refractivity (Wildman–Crippen MR) is 43.2 cm³/mol. The minimum Gasteiger partial charge on any atom is -0.240 e. The summed E-state index contributed by atoms with van der Waals surface area (Å²) in [6.45, 7) is 0. The van der Waals surface area contributed by atoms with Gasteiger partial charge in [-0.3, -0.25) is 0 Å². The molecule has 0 N–H and O–H groups in total. The van der Waals surface area contributed by atoms with Gasteiger partial charge in [-0.2, -0.15) is 0 Å². The molecule has 48 valence electrons. The molecule has 1 unspecified atom stereocenters. The van der Waals surface area contributed by atoms with Gasteiger partial charge in [0.1, 0.15) is 6.21 Å². The number of nitrogens with zero attached hydrogens (tertiary/aromatic N) is 2. The molecule has 0 spiro atoms. The van der Waals surface area contributed by atoms with Crippen LogP contribution >= 0.6 is 9.24 Å². The SMILES string of the molecule is C[N+]1=CN=CCC(P)=C1. The van der Waals surface area contributed by atoms with Crippen LogP contribution < -0.4 is 0 Å². The van der Waals surface area contributed by atoms with Gasteiger partial charge in [-0.15, -0.1) is 9.24 Å². The summed E-state index contributed by atoms with van der Waals surface area (Å²) in [5.41, 5.74) is 0. The Bertz CT molecular complexity index is 191. The molecule has 1 aliphatic rings. The monoisotopic (exact) mass is 141 g/mol. The minimum absolute atomic E-state index is 0.936. The van der Waals surface area contributed by atoms with E-state index >= 15 is 0 Å². The molecule has 9 heavy (non-hydrogen) atoms. The Morgan fingerprint density at radius 3 is 3.33 bits per heavy atom. The van der Waals surface area contributed by atoms with Gasteiger partial charge in [0.25, 0.3) is 6.34 Å². The highest BCUT2D eigenvalue weighted by Gasteiger charge is 1.95. The van der Waals surface area contributed by atoms with Crippen molar-refractivity contribution in [3.63, 3.8) is 0 Å². The molecule has 0 fully saturated rings. The highest BCUT2D eigenvalue weighted by atomic mass is 31.0. The number of aliphatic imine (C=N–C) groups is 1. The van der Waals surface area contributed by atoms with Gasteiger partial charge < -0.3 is 0 Å². The third-order valence-electron chi connectivity index (χ3n) is 1.05. The Hall–Kier alpha value is -0.490. The third-order valence-corrected chi connectivity index (χ3v) is 1.44. The summed E-state index contributed by atoms with van der Waals surface area (Å²) >= 11 is 0. The molecule has 0 aliphatic carbocycles. The second-order valence-electron chi connectivity index (χ2n) is 2.02. The van der Waals surface area contributed by atoms with Crippen LogP contribution in [-0.4, -0.2) is 24.2 Å². The standard InChI is InChI=1S/C6H10N2P/c1-8-4-6(9)2-3-7-5-8/h3-5H,2,9H2,1H3/q+1. The van der Waals surface area contributed by atoms with E-state index in [1.54, 1.807) is 6.34 Å². The van der Waals surface area contributed by atoms with Crippen LogP contribution in [0.5, 0.6) is 0 Å². The van der Waals surface area contributed by atoms with E-state index in [-0.39, 0.29) is 0 Å². The van der Waals surface area contributed by atoms with Gasteiger partial charge in [-0.1, -0.05) is 4.99 Å². The summed E-state index contributed by atoms with van der Waals surface area (Å²) in [4.78, 5) is 4.01. The molecule has 0 bridgehead atoms. The maximum Gasteiger partial charge on any atom is 0.285 e. The summed E-state index contributed by atoms with van der Waals surface area (Å²) in [5, 5.41) is 1.26. The lowest BCUT2D eigenvalue weighted by Gasteiger charge is -1.87. The quantitative estimate of drug-likeness (QED) is 0.351. The zero-order valence-electron chi connectivity index (χ0n) is 5.41. The van der Waals surface area contributed by atoms with Gasteiger partial charge in [0, 0.05) is 6.42 Å². The van der Waals surface area contributed by atoms with Gasteiger partial charge in [0.15, 0.2) is 0 Å². The van der Waals surface area contributed by atoms with Crippen molar-refractivity contribution in [2.75, 3.05) is 7.05 Å². The van der Waals surface area contributed by atoms with Crippen LogP contribution in [0, 0.1) is 0 Å². The van der Waals surface area contributed by atoms with E-state index in [1.165, 1.54) is 5.31 Å². The fraction of sp³-hybridized carbons (Fsp3) is 0.333. The highest BCUT2D eigenvalue weighted by Crippen LogP contribution is 2.08. The van der Waals surface area contributed by atoms with Gasteiger partial charge in [-0.25, -0.2) is 4.58 Å². The number of allylic oxidation sites excluding steroid dienone is 1. The first-order chi connectivity index (χ1) is 4.29. The summed E-state index contributed by atoms with van der Waals surface area (Å²) in [6, 6.07) is 0. The fourth-order valence-corrected chi connectivity index (χ4v) is 0.999. The summed E-state index contributed by atoms with van der Waals surface area (Å²) in [6.07, 6.45) is 6.66. The van der Waals surface area contributed by atoms with Crippen molar-refractivity contribution in [2.24, 2.45) is 4.99 Å². The lowest BCUT2D eigenvalue weighted by atomic mass is 10.4. The average molecular weight is 141 g/mol. The molecule has 0 radical (unpaired) electrons. The van der Waals surface area contributed by atoms with E-state index < -0.39 is 0 Å². The first-order valence-electron chi connectivity index (χ1n) is 2.82. The third kappa shape index (κ3) is 2.06. The van der Waals surface area contributed by atoms with Crippen molar-refractivity contribution in [2.45, 2.75) is 6.42 Å². The van der Waals surface area contributed by atoms with Gasteiger partial charge in [0.2, 0.25) is 0 Å². The van der Waals surface area contributed by atoms with Crippen LogP contribution in [0.4, 0.5) is 0 Å². The molecule has 1 atom stereocenters. The minimum atomic E-state index is 0.936. The Morgan fingerprint density at radius 1 is 1.78 bits per heavy atom. The van der Waals surface area contributed by atoms with E-state index in [9.17, 15) is 0 Å². The molecule has 0 aromatic rings. The van der Waals surface area contributed by atoms with Crippen molar-refractivity contribution >= 4 is 21.8 Å². The van der Waals surface area contributed by atoms with E-state index in [1.807, 2.05) is 24.0 Å². The fourth-order valence-electron chi connectivity index (χ4n) is 0.658. The second-order valence-corrected chi connectivity index (χ2v) is 2.76. The first-order valence-corrected chi connectivity index (χ1v) is 3.40. The topological polar surface area (TPSA) is 15.4 Å². The second kappa shape index (κ2) is 2.88. The van der Waals surface area contributed by atoms with Gasteiger partial charge >= 0.3 is 0 Å². The smallest absolute Gasteiger partial charge is 0.240 e. The van der Waals surface area contributed by atoms with Crippen molar-refractivity contribution in [3.8, 4) is 0 Å². The molecule has 0 saturated heterocycles. The molecule has 3 heteroatoms. The Morgan fingerprint density at radius 2 is 2.56 bits per heavy atom. The Labute approximate surface area is 57.2 Å². The molecule has 0 saturated carbocycles. The van der Waals surface area contributed by atoms with Crippen LogP contribution in [-0.2, 0) is 0 Å². The lowest BCUT2D eigenvalue weighted by molar-refractivity contribution is -0.417. The molecule has 1 rings (SSSR count). The lowest BCUT2D eigenvalue weighted by Crippen LogP contribution is -1.93. The summed E-state index contributed by atoms with van der Waals surface area (Å²) in [5.74, 6) is 0. The van der Waals surface area contributed by atoms with Crippen LogP contribution in [0.3, 0.4) is 0 Å². The number of rotatable bonds is 0. The van der Waals surface area contributed by atoms with E-state index in [0.717, 1.165) is 6.42 Å². The Balaban J connectivity index is 2.82. The summed E-state index contributed by atoms with van der Waals surface area (Å²) in [7, 11) is 4.64. The average Bonchev–Trinajstić information content (AvgIpc) is 1.93. The molecule has 0 aromatic carbocycles. The molecular formula is C6H10N2P+. The van der Waals surface area contributed by atoms with Crippen LogP contribution in [0.15, 0.2) is 16.5 Å². The molecule has 2 nitrogen and oxygen atoms in total. The van der Waals surface area contributed by atoms with Crippen molar-refractivity contribution in [1.29, 1.82) is 0 Å². The van der Waals surface area contributed by atoms with Crippen LogP contribution in [0.25, 0.3) is 0 Å². The largest absolute Gasteiger partial charge is 0.285 e. The molecular weight excluding hydrogens is 131 g/mol. The van der Waals surface area contributed by atoms with E-state index in [0.29, 0.717) is 0 Å². The maximum absolute atomic E-state index is 4.01. The van der Waals surface area contributed by atoms with Crippen molar-refractivity contribution in [3.05, 3.63) is 11.5 Å². The van der Waals surface area contributed by atoms with Gasteiger partial charge in [-0.05, 0) is 5.31 Å². The van der Waals surface area contributed by atoms with Crippen molar-refractivity contribution < 1.29 is 4.58 Å². The molecule has 1 aliphatic heterocycles. The number of hydrogen-bond donors (Lipinski definition) is 0. The van der Waals surface area contributed by atoms with Crippen LogP contribution in [0.2, 0.25) is 0 Å². The number of hydrogen-bond acceptors (Lipinski definition) is 1. The normalized spacial score (nSPS) is 18.4. The summed E-state index contributed by atoms with van der Waals surface area (Å²) < 4.78 is 1.94. The first kappa shape index (κ1) is 6.63. The molecule has 0 aromatic heterocycles. The van der Waals surface area contributed by atoms with Crippen molar-refractivity contribution in [1.82, 2.24) is 0 Å². The molecule has 0 amide bonds. The zero-order valence-corrected chi connectivity index (χ0v) is 6.57. The predicted octanol–water partition coefficient (Wildman–Crippen LogP) is 0.848. The maximum atomic E-state index is 4.01. The Kier molecular flexibility index (Phi) is 2.12. The van der Waals surface area contributed by atoms with Crippen LogP contribution in [0.1, 0.15) is 6.42 Å². The van der Waals surface area contributed by atoms with E-state index in [2.05, 4.69) is 14.2 Å². The molecule has 1 heterocycles. The van der Waals surface area contributed by atoms with E-state index in [4.69, 9.17) is 0 Å². The highest BCUT2D eigenvalue weighted by molar-refractivity contribution is 7.22.